The van der Waals surface area contributed by atoms with Gasteiger partial charge < -0.3 is 5.32 Å². The highest BCUT2D eigenvalue weighted by Crippen LogP contribution is 2.42. The molecule has 18 heavy (non-hydrogen) atoms. The van der Waals surface area contributed by atoms with Crippen molar-refractivity contribution < 1.29 is 4.79 Å². The molecule has 0 atom stereocenters. The fourth-order valence-corrected chi connectivity index (χ4v) is 3.39. The van der Waals surface area contributed by atoms with Crippen molar-refractivity contribution in [3.63, 3.8) is 0 Å². The summed E-state index contributed by atoms with van der Waals surface area (Å²) >= 11 is 5.61. The van der Waals surface area contributed by atoms with Gasteiger partial charge in [-0.2, -0.15) is 0 Å². The molecule has 0 bridgehead atoms. The summed E-state index contributed by atoms with van der Waals surface area (Å²) in [5, 5.41) is 3.15. The Bertz CT molecular complexity index is 247. The first-order chi connectivity index (χ1) is 8.58. The highest BCUT2D eigenvalue weighted by Gasteiger charge is 2.34. The third kappa shape index (κ3) is 5.60. The van der Waals surface area contributed by atoms with Gasteiger partial charge in [-0.1, -0.05) is 26.7 Å². The number of rotatable bonds is 8. The number of amides is 1. The Morgan fingerprint density at radius 1 is 1.28 bits per heavy atom. The van der Waals surface area contributed by atoms with Gasteiger partial charge in [-0.15, -0.1) is 11.6 Å². The maximum absolute atomic E-state index is 11.7. The summed E-state index contributed by atoms with van der Waals surface area (Å²) in [6.07, 6.45) is 8.95. The van der Waals surface area contributed by atoms with Crippen LogP contribution in [0.5, 0.6) is 0 Å². The van der Waals surface area contributed by atoms with Crippen LogP contribution < -0.4 is 5.32 Å². The zero-order valence-corrected chi connectivity index (χ0v) is 12.7. The molecule has 0 aromatic rings. The highest BCUT2D eigenvalue weighted by atomic mass is 35.5. The third-order valence-corrected chi connectivity index (χ3v) is 4.22. The third-order valence-electron chi connectivity index (χ3n) is 3.95. The molecule has 3 heteroatoms. The number of carbonyl (C=O) groups excluding carboxylic acids is 1. The van der Waals surface area contributed by atoms with E-state index in [-0.39, 0.29) is 5.91 Å². The topological polar surface area (TPSA) is 29.1 Å². The Morgan fingerprint density at radius 2 is 1.94 bits per heavy atom. The average molecular weight is 274 g/mol. The number of alkyl halides is 1. The maximum atomic E-state index is 11.7. The van der Waals surface area contributed by atoms with E-state index in [4.69, 9.17) is 11.6 Å². The lowest BCUT2D eigenvalue weighted by Crippen LogP contribution is -2.36. The fraction of sp³-hybridized carbons (Fsp3) is 0.933. The summed E-state index contributed by atoms with van der Waals surface area (Å²) in [7, 11) is 0. The van der Waals surface area contributed by atoms with Gasteiger partial charge in [0.2, 0.25) is 5.91 Å². The molecule has 1 rings (SSSR count). The molecule has 0 unspecified atom stereocenters. The summed E-state index contributed by atoms with van der Waals surface area (Å²) in [5.74, 6) is 1.58. The zero-order chi connectivity index (χ0) is 13.4. The van der Waals surface area contributed by atoms with Crippen LogP contribution in [0.25, 0.3) is 0 Å². The minimum Gasteiger partial charge on any atom is -0.356 e. The first kappa shape index (κ1) is 15.8. The normalized spacial score (nSPS) is 18.2. The zero-order valence-electron chi connectivity index (χ0n) is 11.9. The number of carbonyl (C=O) groups is 1. The first-order valence-electron chi connectivity index (χ1n) is 7.41. The molecule has 1 aliphatic rings. The van der Waals surface area contributed by atoms with E-state index in [2.05, 4.69) is 19.2 Å². The summed E-state index contributed by atoms with van der Waals surface area (Å²) in [4.78, 5) is 11.7. The van der Waals surface area contributed by atoms with E-state index < -0.39 is 0 Å². The minimum atomic E-state index is 0.204. The fourth-order valence-electron chi connectivity index (χ4n) is 3.20. The van der Waals surface area contributed by atoms with Crippen molar-refractivity contribution in [2.45, 2.75) is 65.2 Å². The van der Waals surface area contributed by atoms with Crippen LogP contribution in [0, 0.1) is 11.3 Å². The van der Waals surface area contributed by atoms with Crippen molar-refractivity contribution in [1.29, 1.82) is 0 Å². The Labute approximate surface area is 117 Å². The van der Waals surface area contributed by atoms with Gasteiger partial charge in [0.15, 0.2) is 0 Å². The molecule has 0 heterocycles. The van der Waals surface area contributed by atoms with Gasteiger partial charge >= 0.3 is 0 Å². The second-order valence-electron chi connectivity index (χ2n) is 6.23. The number of unbranched alkanes of at least 4 members (excludes halogenated alkanes) is 1. The van der Waals surface area contributed by atoms with Crippen molar-refractivity contribution in [3.05, 3.63) is 0 Å². The lowest BCUT2D eigenvalue weighted by Gasteiger charge is -2.31. The van der Waals surface area contributed by atoms with Crippen LogP contribution in [0.15, 0.2) is 0 Å². The predicted molar refractivity (Wildman–Crippen MR) is 77.9 cm³/mol. The smallest absolute Gasteiger partial charge is 0.220 e. The van der Waals surface area contributed by atoms with E-state index in [1.807, 2.05) is 0 Å². The molecule has 0 radical (unpaired) electrons. The Morgan fingerprint density at radius 3 is 2.50 bits per heavy atom. The van der Waals surface area contributed by atoms with E-state index in [1.54, 1.807) is 0 Å². The van der Waals surface area contributed by atoms with E-state index >= 15 is 0 Å². The average Bonchev–Trinajstić information content (AvgIpc) is 2.75. The van der Waals surface area contributed by atoms with Gasteiger partial charge in [-0.25, -0.2) is 0 Å². The van der Waals surface area contributed by atoms with Crippen LogP contribution in [0.2, 0.25) is 0 Å². The van der Waals surface area contributed by atoms with Gasteiger partial charge in [0.1, 0.15) is 0 Å². The molecular formula is C15H28ClNO. The Kier molecular flexibility index (Phi) is 7.06. The predicted octanol–water partition coefficient (Wildman–Crippen LogP) is 4.12. The second kappa shape index (κ2) is 8.04. The molecule has 0 aromatic heterocycles. The Hall–Kier alpha value is -0.240. The summed E-state index contributed by atoms with van der Waals surface area (Å²) in [5.41, 5.74) is 0.385. The van der Waals surface area contributed by atoms with E-state index in [9.17, 15) is 4.79 Å². The van der Waals surface area contributed by atoms with E-state index in [1.165, 1.54) is 32.1 Å². The van der Waals surface area contributed by atoms with Crippen molar-refractivity contribution in [2.24, 2.45) is 11.3 Å². The number of hydrogen-bond acceptors (Lipinski definition) is 1. The van der Waals surface area contributed by atoms with Gasteiger partial charge in [0.05, 0.1) is 0 Å². The molecule has 0 saturated heterocycles. The number of nitrogens with one attached hydrogen (secondary N) is 1. The molecule has 0 spiro atoms. The molecular weight excluding hydrogens is 246 g/mol. The molecule has 1 N–H and O–H groups in total. The van der Waals surface area contributed by atoms with Gasteiger partial charge in [0, 0.05) is 18.8 Å². The quantitative estimate of drug-likeness (QED) is 0.523. The molecule has 1 fully saturated rings. The van der Waals surface area contributed by atoms with Gasteiger partial charge in [0.25, 0.3) is 0 Å². The van der Waals surface area contributed by atoms with Crippen molar-refractivity contribution in [2.75, 3.05) is 12.4 Å². The monoisotopic (exact) mass is 273 g/mol. The largest absolute Gasteiger partial charge is 0.356 e. The molecule has 0 aliphatic heterocycles. The van der Waals surface area contributed by atoms with Crippen LogP contribution in [0.3, 0.4) is 0 Å². The molecule has 1 amide bonds. The Balaban J connectivity index is 2.31. The molecule has 0 aromatic carbocycles. The van der Waals surface area contributed by atoms with Crippen LogP contribution in [0.1, 0.15) is 65.2 Å². The molecule has 2 nitrogen and oxygen atoms in total. The first-order valence-corrected chi connectivity index (χ1v) is 7.94. The summed E-state index contributed by atoms with van der Waals surface area (Å²) in [6, 6.07) is 0. The van der Waals surface area contributed by atoms with Crippen LogP contribution >= 0.6 is 11.6 Å². The molecule has 1 aliphatic carbocycles. The summed E-state index contributed by atoms with van der Waals surface area (Å²) in [6.45, 7) is 5.44. The van der Waals surface area contributed by atoms with Crippen LogP contribution in [-0.4, -0.2) is 18.3 Å². The molecule has 1 saturated carbocycles. The van der Waals surface area contributed by atoms with E-state index in [0.29, 0.717) is 17.7 Å². The SMILES string of the molecule is CC(C)CC1(CNC(=O)CCCCCl)CCCC1. The van der Waals surface area contributed by atoms with Crippen LogP contribution in [-0.2, 0) is 4.79 Å². The minimum absolute atomic E-state index is 0.204. The number of halogens is 1. The maximum Gasteiger partial charge on any atom is 0.220 e. The standard InChI is InChI=1S/C15H28ClNO/c1-13(2)11-15(8-4-5-9-15)12-17-14(18)7-3-6-10-16/h13H,3-12H2,1-2H3,(H,17,18). The number of hydrogen-bond donors (Lipinski definition) is 1. The highest BCUT2D eigenvalue weighted by molar-refractivity contribution is 6.17. The van der Waals surface area contributed by atoms with E-state index in [0.717, 1.165) is 25.3 Å². The van der Waals surface area contributed by atoms with Crippen molar-refractivity contribution >= 4 is 17.5 Å². The summed E-state index contributed by atoms with van der Waals surface area (Å²) < 4.78 is 0. The van der Waals surface area contributed by atoms with Crippen molar-refractivity contribution in [3.8, 4) is 0 Å². The molecule has 106 valence electrons. The second-order valence-corrected chi connectivity index (χ2v) is 6.61. The van der Waals surface area contributed by atoms with Crippen molar-refractivity contribution in [1.82, 2.24) is 5.32 Å². The van der Waals surface area contributed by atoms with Gasteiger partial charge in [-0.05, 0) is 43.4 Å². The lowest BCUT2D eigenvalue weighted by atomic mass is 9.78. The lowest BCUT2D eigenvalue weighted by molar-refractivity contribution is -0.121. The van der Waals surface area contributed by atoms with Gasteiger partial charge in [-0.3, -0.25) is 4.79 Å². The van der Waals surface area contributed by atoms with Crippen LogP contribution in [0.4, 0.5) is 0 Å².